The Kier molecular flexibility index (Phi) is 4.11. The zero-order chi connectivity index (χ0) is 16.3. The van der Waals surface area contributed by atoms with Crippen LogP contribution < -0.4 is 4.74 Å². The first-order valence-electron chi connectivity index (χ1n) is 5.90. The van der Waals surface area contributed by atoms with Gasteiger partial charge in [0.15, 0.2) is 6.29 Å². The van der Waals surface area contributed by atoms with E-state index in [-0.39, 0.29) is 11.3 Å². The number of benzene rings is 2. The van der Waals surface area contributed by atoms with Crippen LogP contribution in [0.1, 0.15) is 10.4 Å². The van der Waals surface area contributed by atoms with E-state index in [2.05, 4.69) is 4.74 Å². The van der Waals surface area contributed by atoms with Crippen molar-refractivity contribution in [2.75, 3.05) is 0 Å². The standard InChI is InChI=1S/C14H8F3NO4/c15-14(16,17)22-12-5-3-9(4-6-12)10-1-2-11(8-19)13(7-10)18(20)21/h1-8H. The van der Waals surface area contributed by atoms with Gasteiger partial charge in [0.25, 0.3) is 5.69 Å². The summed E-state index contributed by atoms with van der Waals surface area (Å²) in [6, 6.07) is 8.80. The second-order valence-electron chi connectivity index (χ2n) is 4.22. The van der Waals surface area contributed by atoms with Crippen LogP contribution in [0.15, 0.2) is 42.5 Å². The summed E-state index contributed by atoms with van der Waals surface area (Å²) in [6.45, 7) is 0. The highest BCUT2D eigenvalue weighted by Gasteiger charge is 2.31. The molecular formula is C14H8F3NO4. The normalized spacial score (nSPS) is 11.0. The van der Waals surface area contributed by atoms with E-state index in [0.29, 0.717) is 17.4 Å². The summed E-state index contributed by atoms with van der Waals surface area (Å²) in [5, 5.41) is 10.9. The van der Waals surface area contributed by atoms with Crippen LogP contribution in [0.3, 0.4) is 0 Å². The lowest BCUT2D eigenvalue weighted by Gasteiger charge is -2.09. The molecule has 2 aromatic carbocycles. The maximum Gasteiger partial charge on any atom is 0.573 e. The molecule has 0 atom stereocenters. The first kappa shape index (κ1) is 15.5. The lowest BCUT2D eigenvalue weighted by Crippen LogP contribution is -2.16. The number of halogens is 3. The Morgan fingerprint density at radius 1 is 1.05 bits per heavy atom. The van der Waals surface area contributed by atoms with E-state index in [1.807, 2.05) is 0 Å². The Bertz CT molecular complexity index is 711. The highest BCUT2D eigenvalue weighted by atomic mass is 19.4. The van der Waals surface area contributed by atoms with Crippen molar-refractivity contribution in [1.82, 2.24) is 0 Å². The van der Waals surface area contributed by atoms with Crippen molar-refractivity contribution >= 4 is 12.0 Å². The first-order valence-corrected chi connectivity index (χ1v) is 5.90. The monoisotopic (exact) mass is 311 g/mol. The third kappa shape index (κ3) is 3.60. The molecule has 0 fully saturated rings. The van der Waals surface area contributed by atoms with E-state index in [4.69, 9.17) is 0 Å². The van der Waals surface area contributed by atoms with E-state index in [9.17, 15) is 28.1 Å². The van der Waals surface area contributed by atoms with Gasteiger partial charge in [0.1, 0.15) is 5.75 Å². The zero-order valence-corrected chi connectivity index (χ0v) is 10.8. The Morgan fingerprint density at radius 2 is 1.64 bits per heavy atom. The van der Waals surface area contributed by atoms with Gasteiger partial charge in [0, 0.05) is 6.07 Å². The SMILES string of the molecule is O=Cc1ccc(-c2ccc(OC(F)(F)F)cc2)cc1[N+](=O)[O-]. The Labute approximate surface area is 122 Å². The first-order chi connectivity index (χ1) is 10.3. The predicted octanol–water partition coefficient (Wildman–Crippen LogP) is 3.97. The summed E-state index contributed by atoms with van der Waals surface area (Å²) in [4.78, 5) is 20.9. The van der Waals surface area contributed by atoms with Crippen LogP contribution in [-0.2, 0) is 0 Å². The summed E-state index contributed by atoms with van der Waals surface area (Å²) in [5.74, 6) is -0.393. The summed E-state index contributed by atoms with van der Waals surface area (Å²) < 4.78 is 39.9. The number of nitro benzene ring substituents is 1. The molecule has 0 spiro atoms. The van der Waals surface area contributed by atoms with Crippen molar-refractivity contribution in [3.8, 4) is 16.9 Å². The van der Waals surface area contributed by atoms with Gasteiger partial charge >= 0.3 is 6.36 Å². The summed E-state index contributed by atoms with van der Waals surface area (Å²) in [6.07, 6.45) is -4.42. The van der Waals surface area contributed by atoms with Gasteiger partial charge in [-0.15, -0.1) is 13.2 Å². The van der Waals surface area contributed by atoms with Crippen molar-refractivity contribution in [1.29, 1.82) is 0 Å². The highest BCUT2D eigenvalue weighted by Crippen LogP contribution is 2.29. The van der Waals surface area contributed by atoms with Gasteiger partial charge in [0.05, 0.1) is 10.5 Å². The zero-order valence-electron chi connectivity index (χ0n) is 10.8. The number of aldehydes is 1. The molecule has 5 nitrogen and oxygen atoms in total. The van der Waals surface area contributed by atoms with Crippen LogP contribution in [0.5, 0.6) is 5.75 Å². The molecule has 0 aliphatic rings. The molecule has 0 bridgehead atoms. The average molecular weight is 311 g/mol. The molecule has 0 heterocycles. The van der Waals surface area contributed by atoms with Crippen molar-refractivity contribution < 1.29 is 27.6 Å². The molecular weight excluding hydrogens is 303 g/mol. The van der Waals surface area contributed by atoms with Crippen molar-refractivity contribution in [2.24, 2.45) is 0 Å². The predicted molar refractivity (Wildman–Crippen MR) is 70.6 cm³/mol. The molecule has 0 unspecified atom stereocenters. The van der Waals surface area contributed by atoms with Crippen molar-refractivity contribution in [2.45, 2.75) is 6.36 Å². The molecule has 0 aromatic heterocycles. The third-order valence-corrected chi connectivity index (χ3v) is 2.78. The van der Waals surface area contributed by atoms with Crippen molar-refractivity contribution in [3.05, 3.63) is 58.1 Å². The van der Waals surface area contributed by atoms with E-state index >= 15 is 0 Å². The summed E-state index contributed by atoms with van der Waals surface area (Å²) in [7, 11) is 0. The van der Waals surface area contributed by atoms with E-state index in [1.165, 1.54) is 30.3 Å². The molecule has 0 aliphatic carbocycles. The molecule has 0 N–H and O–H groups in total. The Hall–Kier alpha value is -2.90. The Balaban J connectivity index is 2.34. The third-order valence-electron chi connectivity index (χ3n) is 2.78. The number of rotatable bonds is 4. The lowest BCUT2D eigenvalue weighted by molar-refractivity contribution is -0.385. The van der Waals surface area contributed by atoms with Crippen LogP contribution in [-0.4, -0.2) is 17.6 Å². The molecule has 8 heteroatoms. The number of carbonyl (C=O) groups is 1. The molecule has 0 saturated heterocycles. The molecule has 0 radical (unpaired) electrons. The van der Waals surface area contributed by atoms with Crippen LogP contribution in [0.25, 0.3) is 11.1 Å². The van der Waals surface area contributed by atoms with Crippen molar-refractivity contribution in [3.63, 3.8) is 0 Å². The quantitative estimate of drug-likeness (QED) is 0.486. The second kappa shape index (κ2) is 5.84. The maximum atomic E-state index is 12.1. The van der Waals surface area contributed by atoms with Crippen LogP contribution >= 0.6 is 0 Å². The minimum absolute atomic E-state index is 0.0780. The number of alkyl halides is 3. The highest BCUT2D eigenvalue weighted by molar-refractivity contribution is 5.84. The van der Waals surface area contributed by atoms with E-state index in [0.717, 1.165) is 12.1 Å². The fraction of sp³-hybridized carbons (Fsp3) is 0.0714. The lowest BCUT2D eigenvalue weighted by atomic mass is 10.0. The summed E-state index contributed by atoms with van der Waals surface area (Å²) in [5.41, 5.74) is 0.403. The molecule has 22 heavy (non-hydrogen) atoms. The fourth-order valence-electron chi connectivity index (χ4n) is 1.83. The van der Waals surface area contributed by atoms with E-state index in [1.54, 1.807) is 0 Å². The number of nitro groups is 1. The molecule has 0 saturated carbocycles. The largest absolute Gasteiger partial charge is 0.573 e. The van der Waals surface area contributed by atoms with Gasteiger partial charge in [-0.2, -0.15) is 0 Å². The molecule has 114 valence electrons. The average Bonchev–Trinajstić information content (AvgIpc) is 2.45. The molecule has 0 aliphatic heterocycles. The van der Waals surface area contributed by atoms with Gasteiger partial charge in [-0.25, -0.2) is 0 Å². The van der Waals surface area contributed by atoms with E-state index < -0.39 is 17.0 Å². The number of nitrogens with zero attached hydrogens (tertiary/aromatic N) is 1. The molecule has 2 aromatic rings. The number of carbonyl (C=O) groups excluding carboxylic acids is 1. The van der Waals surface area contributed by atoms with Gasteiger partial charge in [-0.1, -0.05) is 18.2 Å². The second-order valence-corrected chi connectivity index (χ2v) is 4.22. The molecule has 2 rings (SSSR count). The van der Waals surface area contributed by atoms with Gasteiger partial charge in [-0.3, -0.25) is 14.9 Å². The minimum atomic E-state index is -4.79. The van der Waals surface area contributed by atoms with Crippen LogP contribution in [0.4, 0.5) is 18.9 Å². The minimum Gasteiger partial charge on any atom is -0.406 e. The Morgan fingerprint density at radius 3 is 2.14 bits per heavy atom. The van der Waals surface area contributed by atoms with Gasteiger partial charge in [0.2, 0.25) is 0 Å². The topological polar surface area (TPSA) is 69.4 Å². The van der Waals surface area contributed by atoms with Gasteiger partial charge < -0.3 is 4.74 Å². The van der Waals surface area contributed by atoms with Crippen LogP contribution in [0.2, 0.25) is 0 Å². The smallest absolute Gasteiger partial charge is 0.406 e. The maximum absolute atomic E-state index is 12.1. The fourth-order valence-corrected chi connectivity index (χ4v) is 1.83. The number of ether oxygens (including phenoxy) is 1. The van der Waals surface area contributed by atoms with Crippen LogP contribution in [0, 0.1) is 10.1 Å². The summed E-state index contributed by atoms with van der Waals surface area (Å²) >= 11 is 0. The molecule has 0 amide bonds. The number of hydrogen-bond donors (Lipinski definition) is 0. The number of hydrogen-bond acceptors (Lipinski definition) is 4. The van der Waals surface area contributed by atoms with Gasteiger partial charge in [-0.05, 0) is 29.3 Å².